The Morgan fingerprint density at radius 2 is 1.91 bits per heavy atom. The first-order valence-corrected chi connectivity index (χ1v) is 8.05. The summed E-state index contributed by atoms with van der Waals surface area (Å²) in [5, 5.41) is 7.72. The van der Waals surface area contributed by atoms with Gasteiger partial charge in [-0.1, -0.05) is 31.0 Å². The molecule has 1 aliphatic carbocycles. The summed E-state index contributed by atoms with van der Waals surface area (Å²) in [7, 11) is 0. The Morgan fingerprint density at radius 1 is 1.23 bits per heavy atom. The molecule has 22 heavy (non-hydrogen) atoms. The van der Waals surface area contributed by atoms with Gasteiger partial charge in [-0.05, 0) is 38.8 Å². The van der Waals surface area contributed by atoms with E-state index >= 15 is 0 Å². The molecule has 1 heterocycles. The van der Waals surface area contributed by atoms with Gasteiger partial charge in [0.05, 0.1) is 11.4 Å². The Balaban J connectivity index is 1.74. The maximum atomic E-state index is 12.2. The maximum absolute atomic E-state index is 12.2. The molecular weight excluding hydrogens is 274 g/mol. The van der Waals surface area contributed by atoms with Gasteiger partial charge in [-0.2, -0.15) is 5.10 Å². The van der Waals surface area contributed by atoms with Crippen molar-refractivity contribution in [1.82, 2.24) is 15.1 Å². The van der Waals surface area contributed by atoms with E-state index < -0.39 is 0 Å². The lowest BCUT2D eigenvalue weighted by Crippen LogP contribution is -2.29. The third kappa shape index (κ3) is 2.91. The van der Waals surface area contributed by atoms with Crippen molar-refractivity contribution in [3.05, 3.63) is 47.3 Å². The molecule has 1 aliphatic rings. The fraction of sp³-hybridized carbons (Fsp3) is 0.444. The smallest absolute Gasteiger partial charge is 0.223 e. The molecular formula is C18H23N3O. The van der Waals surface area contributed by atoms with Crippen LogP contribution in [0.25, 0.3) is 5.69 Å². The highest BCUT2D eigenvalue weighted by Crippen LogP contribution is 2.25. The monoisotopic (exact) mass is 297 g/mol. The Labute approximate surface area is 131 Å². The van der Waals surface area contributed by atoms with Gasteiger partial charge in [0.1, 0.15) is 0 Å². The molecule has 1 aromatic heterocycles. The first-order valence-electron chi connectivity index (χ1n) is 8.05. The van der Waals surface area contributed by atoms with Crippen molar-refractivity contribution in [2.24, 2.45) is 5.92 Å². The highest BCUT2D eigenvalue weighted by molar-refractivity contribution is 5.78. The molecule has 0 radical (unpaired) electrons. The molecule has 0 aliphatic heterocycles. The lowest BCUT2D eigenvalue weighted by molar-refractivity contribution is -0.124. The van der Waals surface area contributed by atoms with Crippen LogP contribution in [0.4, 0.5) is 0 Å². The average Bonchev–Trinajstić information content (AvgIpc) is 3.15. The molecule has 0 unspecified atom stereocenters. The summed E-state index contributed by atoms with van der Waals surface area (Å²) in [6.45, 7) is 4.63. The van der Waals surface area contributed by atoms with Gasteiger partial charge >= 0.3 is 0 Å². The molecule has 1 aromatic carbocycles. The summed E-state index contributed by atoms with van der Waals surface area (Å²) < 4.78 is 1.95. The minimum Gasteiger partial charge on any atom is -0.352 e. The number of nitrogens with zero attached hydrogens (tertiary/aromatic N) is 2. The summed E-state index contributed by atoms with van der Waals surface area (Å²) in [6, 6.07) is 10.1. The van der Waals surface area contributed by atoms with Crippen molar-refractivity contribution in [3.63, 3.8) is 0 Å². The molecule has 1 amide bonds. The fourth-order valence-electron chi connectivity index (χ4n) is 3.26. The van der Waals surface area contributed by atoms with Crippen LogP contribution in [0.15, 0.2) is 30.3 Å². The third-order valence-electron chi connectivity index (χ3n) is 4.61. The van der Waals surface area contributed by atoms with Gasteiger partial charge in [0.2, 0.25) is 5.91 Å². The van der Waals surface area contributed by atoms with Crippen molar-refractivity contribution >= 4 is 5.91 Å². The number of amides is 1. The Bertz CT molecular complexity index is 654. The van der Waals surface area contributed by atoms with Gasteiger partial charge < -0.3 is 5.32 Å². The Morgan fingerprint density at radius 3 is 2.59 bits per heavy atom. The zero-order valence-corrected chi connectivity index (χ0v) is 13.3. The van der Waals surface area contributed by atoms with Gasteiger partial charge in [-0.25, -0.2) is 4.68 Å². The summed E-state index contributed by atoms with van der Waals surface area (Å²) in [5.41, 5.74) is 4.25. The SMILES string of the molecule is Cc1nn(-c2ccccc2)c(C)c1CNC(=O)C1CCCC1. The lowest BCUT2D eigenvalue weighted by Gasteiger charge is -2.11. The number of aryl methyl sites for hydroxylation is 1. The molecule has 1 saturated carbocycles. The van der Waals surface area contributed by atoms with Crippen molar-refractivity contribution in [1.29, 1.82) is 0 Å². The summed E-state index contributed by atoms with van der Waals surface area (Å²) in [5.74, 6) is 0.411. The van der Waals surface area contributed by atoms with Gasteiger partial charge in [-0.3, -0.25) is 4.79 Å². The predicted molar refractivity (Wildman–Crippen MR) is 86.8 cm³/mol. The van der Waals surface area contributed by atoms with E-state index in [9.17, 15) is 4.79 Å². The molecule has 116 valence electrons. The number of hydrogen-bond acceptors (Lipinski definition) is 2. The molecule has 1 fully saturated rings. The number of para-hydroxylation sites is 1. The number of hydrogen-bond donors (Lipinski definition) is 1. The van der Waals surface area contributed by atoms with E-state index in [2.05, 4.69) is 17.3 Å². The largest absolute Gasteiger partial charge is 0.352 e. The second-order valence-corrected chi connectivity index (χ2v) is 6.10. The molecule has 0 bridgehead atoms. The van der Waals surface area contributed by atoms with Gasteiger partial charge in [-0.15, -0.1) is 0 Å². The fourth-order valence-corrected chi connectivity index (χ4v) is 3.26. The van der Waals surface area contributed by atoms with E-state index in [-0.39, 0.29) is 11.8 Å². The molecule has 3 rings (SSSR count). The van der Waals surface area contributed by atoms with Crippen molar-refractivity contribution in [2.45, 2.75) is 46.1 Å². The molecule has 4 heteroatoms. The number of carbonyl (C=O) groups excluding carboxylic acids is 1. The highest BCUT2D eigenvalue weighted by Gasteiger charge is 2.23. The minimum absolute atomic E-state index is 0.198. The van der Waals surface area contributed by atoms with E-state index in [0.717, 1.165) is 35.5 Å². The molecule has 2 aromatic rings. The third-order valence-corrected chi connectivity index (χ3v) is 4.61. The topological polar surface area (TPSA) is 46.9 Å². The normalized spacial score (nSPS) is 15.2. The summed E-state index contributed by atoms with van der Waals surface area (Å²) in [4.78, 5) is 12.2. The Hall–Kier alpha value is -2.10. The van der Waals surface area contributed by atoms with E-state index in [1.54, 1.807) is 0 Å². The van der Waals surface area contributed by atoms with Crippen LogP contribution >= 0.6 is 0 Å². The predicted octanol–water partition coefficient (Wildman–Crippen LogP) is 3.30. The van der Waals surface area contributed by atoms with Gasteiger partial charge in [0.15, 0.2) is 0 Å². The second kappa shape index (κ2) is 6.34. The average molecular weight is 297 g/mol. The van der Waals surface area contributed by atoms with Crippen molar-refractivity contribution in [3.8, 4) is 5.69 Å². The highest BCUT2D eigenvalue weighted by atomic mass is 16.1. The van der Waals surface area contributed by atoms with Crippen LogP contribution in [0.5, 0.6) is 0 Å². The van der Waals surface area contributed by atoms with Crippen LogP contribution in [-0.2, 0) is 11.3 Å². The van der Waals surface area contributed by atoms with Crippen molar-refractivity contribution in [2.75, 3.05) is 0 Å². The zero-order valence-electron chi connectivity index (χ0n) is 13.3. The minimum atomic E-state index is 0.198. The van der Waals surface area contributed by atoms with Crippen LogP contribution in [0, 0.1) is 19.8 Å². The van der Waals surface area contributed by atoms with E-state index in [1.165, 1.54) is 12.8 Å². The number of carbonyl (C=O) groups is 1. The Kier molecular flexibility index (Phi) is 4.27. The molecule has 1 N–H and O–H groups in total. The number of nitrogens with one attached hydrogen (secondary N) is 1. The molecule has 0 atom stereocenters. The van der Waals surface area contributed by atoms with Crippen LogP contribution in [0.3, 0.4) is 0 Å². The quantitative estimate of drug-likeness (QED) is 0.941. The zero-order chi connectivity index (χ0) is 15.5. The molecule has 4 nitrogen and oxygen atoms in total. The molecule has 0 spiro atoms. The van der Waals surface area contributed by atoms with Crippen LogP contribution < -0.4 is 5.32 Å². The standard InChI is InChI=1S/C18H23N3O/c1-13-17(12-19-18(22)15-8-6-7-9-15)14(2)21(20-13)16-10-4-3-5-11-16/h3-5,10-11,15H,6-9,12H2,1-2H3,(H,19,22). The lowest BCUT2D eigenvalue weighted by atomic mass is 10.1. The first kappa shape index (κ1) is 14.8. The van der Waals surface area contributed by atoms with Crippen LogP contribution in [0.1, 0.15) is 42.6 Å². The van der Waals surface area contributed by atoms with Gasteiger partial charge in [0, 0.05) is 23.7 Å². The van der Waals surface area contributed by atoms with E-state index in [0.29, 0.717) is 6.54 Å². The summed E-state index contributed by atoms with van der Waals surface area (Å²) in [6.07, 6.45) is 4.43. The summed E-state index contributed by atoms with van der Waals surface area (Å²) >= 11 is 0. The van der Waals surface area contributed by atoms with E-state index in [1.807, 2.05) is 41.9 Å². The van der Waals surface area contributed by atoms with Crippen molar-refractivity contribution < 1.29 is 4.79 Å². The number of aromatic nitrogens is 2. The number of rotatable bonds is 4. The van der Waals surface area contributed by atoms with Crippen LogP contribution in [0.2, 0.25) is 0 Å². The first-order chi connectivity index (χ1) is 10.7. The molecule has 0 saturated heterocycles. The van der Waals surface area contributed by atoms with E-state index in [4.69, 9.17) is 0 Å². The van der Waals surface area contributed by atoms with Gasteiger partial charge in [0.25, 0.3) is 0 Å². The van der Waals surface area contributed by atoms with Crippen LogP contribution in [-0.4, -0.2) is 15.7 Å². The maximum Gasteiger partial charge on any atom is 0.223 e. The second-order valence-electron chi connectivity index (χ2n) is 6.10. The number of benzene rings is 1.